The zero-order valence-corrected chi connectivity index (χ0v) is 12.4. The van der Waals surface area contributed by atoms with Crippen molar-refractivity contribution in [1.29, 1.82) is 0 Å². The van der Waals surface area contributed by atoms with Crippen LogP contribution in [0.5, 0.6) is 0 Å². The summed E-state index contributed by atoms with van der Waals surface area (Å²) in [6.07, 6.45) is 1.39. The van der Waals surface area contributed by atoms with Crippen molar-refractivity contribution in [3.05, 3.63) is 0 Å². The van der Waals surface area contributed by atoms with E-state index < -0.39 is 0 Å². The van der Waals surface area contributed by atoms with E-state index in [1.54, 1.807) is 0 Å². The van der Waals surface area contributed by atoms with Crippen molar-refractivity contribution in [3.63, 3.8) is 0 Å². The van der Waals surface area contributed by atoms with E-state index >= 15 is 0 Å². The van der Waals surface area contributed by atoms with Crippen molar-refractivity contribution in [2.45, 2.75) is 44.1 Å². The number of ether oxygens (including phenoxy) is 1. The van der Waals surface area contributed by atoms with E-state index in [0.29, 0.717) is 21.2 Å². The summed E-state index contributed by atoms with van der Waals surface area (Å²) in [6.45, 7) is 8.86. The molecular formula is C13H19IO2. The van der Waals surface area contributed by atoms with Crippen LogP contribution in [0.1, 0.15) is 34.1 Å². The molecule has 2 nitrogen and oxygen atoms in total. The van der Waals surface area contributed by atoms with Gasteiger partial charge in [-0.25, -0.2) is 0 Å². The van der Waals surface area contributed by atoms with Crippen LogP contribution in [0, 0.1) is 28.6 Å². The van der Waals surface area contributed by atoms with E-state index in [1.165, 1.54) is 6.42 Å². The molecule has 1 aliphatic heterocycles. The third kappa shape index (κ3) is 1.06. The van der Waals surface area contributed by atoms with Crippen molar-refractivity contribution in [3.8, 4) is 0 Å². The molecule has 3 heteroatoms. The maximum Gasteiger partial charge on any atom is 0.312 e. The number of carbonyl (C=O) groups excluding carboxylic acids is 1. The zero-order valence-electron chi connectivity index (χ0n) is 10.3. The molecule has 3 fully saturated rings. The SMILES string of the molecule is CC1(C)C(=O)O[C@@H]2[C@@H](I)[C@@H]3C[C@H]1[C@H]2C3(C)C. The van der Waals surface area contributed by atoms with Gasteiger partial charge >= 0.3 is 5.97 Å². The molecule has 16 heavy (non-hydrogen) atoms. The number of rotatable bonds is 0. The van der Waals surface area contributed by atoms with E-state index in [9.17, 15) is 4.79 Å². The number of fused-ring (bicyclic) bond motifs is 1. The summed E-state index contributed by atoms with van der Waals surface area (Å²) in [5.74, 6) is 1.86. The van der Waals surface area contributed by atoms with E-state index in [-0.39, 0.29) is 17.5 Å². The van der Waals surface area contributed by atoms with Gasteiger partial charge in [0, 0.05) is 5.92 Å². The minimum atomic E-state index is -0.274. The predicted octanol–water partition coefficient (Wildman–Crippen LogP) is 3.03. The lowest BCUT2D eigenvalue weighted by Crippen LogP contribution is -2.52. The second-order valence-electron chi connectivity index (χ2n) is 6.83. The molecule has 0 unspecified atom stereocenters. The first-order chi connectivity index (χ1) is 7.28. The number of esters is 1. The van der Waals surface area contributed by atoms with Crippen LogP contribution in [-0.2, 0) is 9.53 Å². The Morgan fingerprint density at radius 3 is 2.44 bits per heavy atom. The molecule has 0 aromatic carbocycles. The summed E-state index contributed by atoms with van der Waals surface area (Å²) < 4.78 is 6.25. The second kappa shape index (κ2) is 2.96. The van der Waals surface area contributed by atoms with E-state index in [2.05, 4.69) is 50.3 Å². The average molecular weight is 334 g/mol. The Bertz CT molecular complexity index is 361. The van der Waals surface area contributed by atoms with Crippen molar-refractivity contribution >= 4 is 28.6 Å². The summed E-state index contributed by atoms with van der Waals surface area (Å²) in [5, 5.41) is 0. The molecule has 1 heterocycles. The minimum absolute atomic E-state index is 0.0246. The quantitative estimate of drug-likeness (QED) is 0.387. The molecule has 0 spiro atoms. The molecule has 2 aliphatic carbocycles. The molecule has 3 rings (SSSR count). The molecule has 0 radical (unpaired) electrons. The molecule has 0 aromatic rings. The lowest BCUT2D eigenvalue weighted by atomic mass is 9.65. The van der Waals surface area contributed by atoms with Crippen LogP contribution in [0.25, 0.3) is 0 Å². The van der Waals surface area contributed by atoms with Gasteiger partial charge in [0.1, 0.15) is 6.10 Å². The highest BCUT2D eigenvalue weighted by atomic mass is 127. The minimum Gasteiger partial charge on any atom is -0.461 e. The van der Waals surface area contributed by atoms with Crippen molar-refractivity contribution in [1.82, 2.24) is 0 Å². The fourth-order valence-corrected chi connectivity index (χ4v) is 6.23. The molecule has 3 aliphatic rings. The lowest BCUT2D eigenvalue weighted by molar-refractivity contribution is -0.183. The van der Waals surface area contributed by atoms with Gasteiger partial charge in [0.15, 0.2) is 0 Å². The van der Waals surface area contributed by atoms with Crippen LogP contribution >= 0.6 is 22.6 Å². The number of alkyl halides is 1. The molecule has 1 saturated heterocycles. The highest BCUT2D eigenvalue weighted by Crippen LogP contribution is 2.68. The van der Waals surface area contributed by atoms with Crippen LogP contribution in [0.3, 0.4) is 0 Å². The molecule has 0 aromatic heterocycles. The third-order valence-corrected chi connectivity index (χ3v) is 7.08. The highest BCUT2D eigenvalue weighted by molar-refractivity contribution is 14.1. The molecule has 2 saturated carbocycles. The van der Waals surface area contributed by atoms with Gasteiger partial charge < -0.3 is 4.74 Å². The monoisotopic (exact) mass is 334 g/mol. The first-order valence-corrected chi connectivity index (χ1v) is 7.37. The zero-order chi connectivity index (χ0) is 11.9. The Morgan fingerprint density at radius 2 is 1.88 bits per heavy atom. The smallest absolute Gasteiger partial charge is 0.312 e. The molecular weight excluding hydrogens is 315 g/mol. The Kier molecular flexibility index (Phi) is 2.09. The fraction of sp³-hybridized carbons (Fsp3) is 0.923. The van der Waals surface area contributed by atoms with Gasteiger partial charge in [0.25, 0.3) is 0 Å². The first-order valence-electron chi connectivity index (χ1n) is 6.13. The molecule has 2 bridgehead atoms. The van der Waals surface area contributed by atoms with Crippen LogP contribution in [0.2, 0.25) is 0 Å². The Hall–Kier alpha value is 0.200. The average Bonchev–Trinajstić information content (AvgIpc) is 2.53. The lowest BCUT2D eigenvalue weighted by Gasteiger charge is -2.46. The Balaban J connectivity index is 2.07. The highest BCUT2D eigenvalue weighted by Gasteiger charge is 2.70. The van der Waals surface area contributed by atoms with Gasteiger partial charge in [-0.1, -0.05) is 36.4 Å². The standard InChI is InChI=1S/C13H19IO2/c1-12(2)7-5-6-8(12)10(9(7)14)16-11(15)13(6,3)4/h6-10H,5H2,1-4H3/t6-,7-,8+,9-,10-/m0/s1. The summed E-state index contributed by atoms with van der Waals surface area (Å²) in [6, 6.07) is 0. The van der Waals surface area contributed by atoms with Gasteiger partial charge in [0.05, 0.1) is 9.34 Å². The number of carbonyl (C=O) groups is 1. The summed E-state index contributed by atoms with van der Waals surface area (Å²) in [4.78, 5) is 12.0. The topological polar surface area (TPSA) is 26.3 Å². The maximum absolute atomic E-state index is 12.0. The van der Waals surface area contributed by atoms with Crippen molar-refractivity contribution in [2.24, 2.45) is 28.6 Å². The van der Waals surface area contributed by atoms with E-state index in [1.807, 2.05) is 0 Å². The number of hydrogen-bond acceptors (Lipinski definition) is 2. The summed E-state index contributed by atoms with van der Waals surface area (Å²) in [7, 11) is 0. The number of halogens is 1. The first kappa shape index (κ1) is 11.3. The fourth-order valence-electron chi connectivity index (χ4n) is 4.42. The molecule has 0 amide bonds. The summed E-state index contributed by atoms with van der Waals surface area (Å²) >= 11 is 2.50. The third-order valence-electron chi connectivity index (χ3n) is 5.50. The van der Waals surface area contributed by atoms with Crippen molar-refractivity contribution < 1.29 is 9.53 Å². The Morgan fingerprint density at radius 1 is 1.25 bits per heavy atom. The van der Waals surface area contributed by atoms with Gasteiger partial charge in [-0.2, -0.15) is 0 Å². The van der Waals surface area contributed by atoms with E-state index in [0.717, 1.165) is 5.92 Å². The largest absolute Gasteiger partial charge is 0.461 e. The summed E-state index contributed by atoms with van der Waals surface area (Å²) in [5.41, 5.74) is 0.0725. The molecule has 0 N–H and O–H groups in total. The van der Waals surface area contributed by atoms with Crippen LogP contribution in [0.15, 0.2) is 0 Å². The van der Waals surface area contributed by atoms with Crippen LogP contribution in [0.4, 0.5) is 0 Å². The van der Waals surface area contributed by atoms with Gasteiger partial charge in [-0.05, 0) is 37.5 Å². The van der Waals surface area contributed by atoms with Gasteiger partial charge in [-0.15, -0.1) is 0 Å². The maximum atomic E-state index is 12.0. The second-order valence-corrected chi connectivity index (χ2v) is 8.27. The van der Waals surface area contributed by atoms with Gasteiger partial charge in [-0.3, -0.25) is 4.79 Å². The Labute approximate surface area is 111 Å². The van der Waals surface area contributed by atoms with Crippen LogP contribution in [-0.4, -0.2) is 16.0 Å². The predicted molar refractivity (Wildman–Crippen MR) is 70.3 cm³/mol. The van der Waals surface area contributed by atoms with Crippen LogP contribution < -0.4 is 0 Å². The molecule has 5 atom stereocenters. The normalized spacial score (nSPS) is 51.6. The van der Waals surface area contributed by atoms with Crippen molar-refractivity contribution in [2.75, 3.05) is 0 Å². The van der Waals surface area contributed by atoms with E-state index in [4.69, 9.17) is 4.74 Å². The van der Waals surface area contributed by atoms with Gasteiger partial charge in [0.2, 0.25) is 0 Å². The number of hydrogen-bond donors (Lipinski definition) is 0. The molecule has 90 valence electrons.